The minimum absolute atomic E-state index is 0.00480. The summed E-state index contributed by atoms with van der Waals surface area (Å²) < 4.78 is 0. The van der Waals surface area contributed by atoms with Crippen LogP contribution in [0.4, 0.5) is 0 Å². The molecule has 0 spiro atoms. The average Bonchev–Trinajstić information content (AvgIpc) is 2.93. The quantitative estimate of drug-likeness (QED) is 0.132. The molecule has 1 aromatic rings. The van der Waals surface area contributed by atoms with Gasteiger partial charge in [-0.2, -0.15) is 19.6 Å². The summed E-state index contributed by atoms with van der Waals surface area (Å²) in [5.41, 5.74) is -6.47. The number of benzene rings is 1. The van der Waals surface area contributed by atoms with E-state index < -0.39 is 63.4 Å². The van der Waals surface area contributed by atoms with E-state index >= 15 is 0 Å². The molecule has 2 rings (SSSR count). The summed E-state index contributed by atoms with van der Waals surface area (Å²) >= 11 is 0. The van der Waals surface area contributed by atoms with E-state index in [0.717, 1.165) is 18.2 Å². The van der Waals surface area contributed by atoms with Gasteiger partial charge in [-0.1, -0.05) is 30.4 Å². The summed E-state index contributed by atoms with van der Waals surface area (Å²) in [5, 5.41) is 0. The molecule has 0 bridgehead atoms. The van der Waals surface area contributed by atoms with Crippen LogP contribution in [-0.4, -0.2) is 52.1 Å². The Morgan fingerprint density at radius 2 is 1.04 bits per heavy atom. The molecule has 1 aliphatic rings. The van der Waals surface area contributed by atoms with Crippen LogP contribution < -0.4 is 0 Å². The monoisotopic (exact) mass is 648 g/mol. The molecule has 0 amide bonds. The number of carbonyl (C=O) groups is 5. The molecule has 0 saturated heterocycles. The first-order valence-electron chi connectivity index (χ1n) is 14.5. The van der Waals surface area contributed by atoms with Crippen LogP contribution in [0.25, 0.3) is 0 Å². The van der Waals surface area contributed by atoms with Gasteiger partial charge in [0.1, 0.15) is 28.3 Å². The second-order valence-electron chi connectivity index (χ2n) is 14.5. The lowest BCUT2D eigenvalue weighted by atomic mass is 9.70. The lowest BCUT2D eigenvalue weighted by Crippen LogP contribution is -2.51. The summed E-state index contributed by atoms with van der Waals surface area (Å²) in [6.07, 6.45) is 3.16. The highest BCUT2D eigenvalue weighted by atomic mass is 17.2. The summed E-state index contributed by atoms with van der Waals surface area (Å²) in [4.78, 5) is 108. The smallest absolute Gasteiger partial charge is 0.297 e. The number of carbonyl (C=O) groups excluding carboxylic acids is 5. The first-order chi connectivity index (χ1) is 20.8. The van der Waals surface area contributed by atoms with Crippen molar-refractivity contribution in [3.05, 3.63) is 59.2 Å². The van der Waals surface area contributed by atoms with E-state index in [-0.39, 0.29) is 16.7 Å². The summed E-state index contributed by atoms with van der Waals surface area (Å²) in [6.45, 7) is 19.4. The molecule has 0 fully saturated rings. The van der Waals surface area contributed by atoms with Crippen molar-refractivity contribution < 1.29 is 63.1 Å². The SMILES string of the molecule is CC(C)(C)OOC(=O)c1cccc(C(=O)C2=CC(C(=O)OOC(C)(C)C)C(C(=O)OOC(C)(C)C)(C(=O)OOC(C)(C)C)C=C2)c1. The number of rotatable bonds is 10. The van der Waals surface area contributed by atoms with Crippen molar-refractivity contribution in [1.82, 2.24) is 0 Å². The van der Waals surface area contributed by atoms with Crippen LogP contribution >= 0.6 is 0 Å². The maximum Gasteiger partial charge on any atom is 0.373 e. The Morgan fingerprint density at radius 3 is 1.52 bits per heavy atom. The van der Waals surface area contributed by atoms with Crippen LogP contribution in [0.3, 0.4) is 0 Å². The maximum absolute atomic E-state index is 13.7. The van der Waals surface area contributed by atoms with Crippen molar-refractivity contribution in [1.29, 1.82) is 0 Å². The zero-order valence-corrected chi connectivity index (χ0v) is 28.4. The Kier molecular flexibility index (Phi) is 11.9. The van der Waals surface area contributed by atoms with Gasteiger partial charge in [0.15, 0.2) is 5.78 Å². The third kappa shape index (κ3) is 11.2. The summed E-state index contributed by atoms with van der Waals surface area (Å²) in [5.74, 6) is -7.35. The van der Waals surface area contributed by atoms with Crippen LogP contribution in [0.5, 0.6) is 0 Å². The van der Waals surface area contributed by atoms with E-state index in [2.05, 4.69) is 0 Å². The number of ketones is 1. The van der Waals surface area contributed by atoms with Crippen LogP contribution in [0.15, 0.2) is 48.1 Å². The van der Waals surface area contributed by atoms with Crippen molar-refractivity contribution in [2.45, 2.75) is 105 Å². The number of Topliss-reactive ketones (excluding diaryl/α,β-unsaturated/α-hetero) is 1. The molecule has 0 aromatic heterocycles. The molecule has 0 saturated carbocycles. The van der Waals surface area contributed by atoms with Crippen LogP contribution in [0, 0.1) is 11.3 Å². The third-order valence-corrected chi connectivity index (χ3v) is 5.39. The van der Waals surface area contributed by atoms with Gasteiger partial charge in [0.2, 0.25) is 5.41 Å². The molecule has 0 N–H and O–H groups in total. The van der Waals surface area contributed by atoms with Gasteiger partial charge >= 0.3 is 23.9 Å². The lowest BCUT2D eigenvalue weighted by Gasteiger charge is -2.33. The molecular formula is C33H44O13. The molecule has 13 heteroatoms. The zero-order chi connectivity index (χ0) is 35.3. The molecular weight excluding hydrogens is 604 g/mol. The first-order valence-corrected chi connectivity index (χ1v) is 14.5. The van der Waals surface area contributed by atoms with Crippen molar-refractivity contribution in [2.24, 2.45) is 11.3 Å². The fourth-order valence-electron chi connectivity index (χ4n) is 3.42. The standard InChI is InChI=1S/C33H44O13/c1-29(2,3)43-39-25(35)22-15-13-14-20(18-22)24(34)21-16-17-33(27(37)41-45-31(7,8)9,28(38)42-46-32(10,11)12)23(19-21)26(36)40-44-30(4,5)6/h13-19,23H,1-12H3. The van der Waals surface area contributed by atoms with E-state index in [9.17, 15) is 24.0 Å². The highest BCUT2D eigenvalue weighted by molar-refractivity contribution is 6.14. The van der Waals surface area contributed by atoms with E-state index in [0.29, 0.717) is 0 Å². The first kappa shape index (κ1) is 38.3. The Bertz CT molecular complexity index is 1350. The molecule has 1 unspecified atom stereocenters. The topological polar surface area (TPSA) is 159 Å². The highest BCUT2D eigenvalue weighted by Crippen LogP contribution is 2.41. The number of allylic oxidation sites excluding steroid dienone is 2. The Hall–Kier alpha value is -3.91. The lowest BCUT2D eigenvalue weighted by molar-refractivity contribution is -0.342. The molecule has 254 valence electrons. The summed E-state index contributed by atoms with van der Waals surface area (Å²) in [6, 6.07) is 5.55. The average molecular weight is 649 g/mol. The zero-order valence-electron chi connectivity index (χ0n) is 28.4. The van der Waals surface area contributed by atoms with Gasteiger partial charge in [-0.05, 0) is 95.2 Å². The summed E-state index contributed by atoms with van der Waals surface area (Å²) in [7, 11) is 0. The fourth-order valence-corrected chi connectivity index (χ4v) is 3.42. The van der Waals surface area contributed by atoms with Crippen LogP contribution in [0.1, 0.15) is 104 Å². The van der Waals surface area contributed by atoms with Gasteiger partial charge in [0, 0.05) is 11.1 Å². The Morgan fingerprint density at radius 1 is 0.609 bits per heavy atom. The molecule has 0 radical (unpaired) electrons. The van der Waals surface area contributed by atoms with Gasteiger partial charge in [-0.25, -0.2) is 19.2 Å². The van der Waals surface area contributed by atoms with E-state index in [1.165, 1.54) is 24.3 Å². The minimum atomic E-state index is -2.59. The second-order valence-corrected chi connectivity index (χ2v) is 14.5. The van der Waals surface area contributed by atoms with Gasteiger partial charge in [0.05, 0.1) is 5.56 Å². The van der Waals surface area contributed by atoms with Gasteiger partial charge in [-0.3, -0.25) is 24.3 Å². The molecule has 0 heterocycles. The van der Waals surface area contributed by atoms with E-state index in [4.69, 9.17) is 39.1 Å². The Balaban J connectivity index is 2.62. The van der Waals surface area contributed by atoms with Crippen molar-refractivity contribution in [3.63, 3.8) is 0 Å². The molecule has 1 aliphatic carbocycles. The Labute approximate surface area is 268 Å². The predicted molar refractivity (Wildman–Crippen MR) is 161 cm³/mol. The molecule has 1 atom stereocenters. The molecule has 0 aliphatic heterocycles. The van der Waals surface area contributed by atoms with Crippen LogP contribution in [-0.2, 0) is 53.5 Å². The molecule has 13 nitrogen and oxygen atoms in total. The van der Waals surface area contributed by atoms with Crippen LogP contribution in [0.2, 0.25) is 0 Å². The van der Waals surface area contributed by atoms with Gasteiger partial charge in [0.25, 0.3) is 0 Å². The van der Waals surface area contributed by atoms with Gasteiger partial charge in [-0.15, -0.1) is 0 Å². The van der Waals surface area contributed by atoms with Gasteiger partial charge < -0.3 is 0 Å². The van der Waals surface area contributed by atoms with Crippen molar-refractivity contribution in [2.75, 3.05) is 0 Å². The fraction of sp³-hybridized carbons (Fsp3) is 0.545. The predicted octanol–water partition coefficient (Wildman–Crippen LogP) is 5.67. The van der Waals surface area contributed by atoms with Crippen molar-refractivity contribution in [3.8, 4) is 0 Å². The normalized spacial score (nSPS) is 16.6. The molecule has 46 heavy (non-hydrogen) atoms. The van der Waals surface area contributed by atoms with E-state index in [1.807, 2.05) is 0 Å². The maximum atomic E-state index is 13.7. The number of hydrogen-bond acceptors (Lipinski definition) is 13. The largest absolute Gasteiger partial charge is 0.373 e. The molecule has 1 aromatic carbocycles. The number of hydrogen-bond donors (Lipinski definition) is 0. The second kappa shape index (κ2) is 14.2. The van der Waals surface area contributed by atoms with E-state index in [1.54, 1.807) is 83.1 Å². The minimum Gasteiger partial charge on any atom is -0.297 e. The van der Waals surface area contributed by atoms with Crippen molar-refractivity contribution >= 4 is 29.7 Å². The highest BCUT2D eigenvalue weighted by Gasteiger charge is 2.60. The third-order valence-electron chi connectivity index (χ3n) is 5.39.